The van der Waals surface area contributed by atoms with Crippen molar-refractivity contribution in [2.24, 2.45) is 0 Å². The smallest absolute Gasteiger partial charge is 0.264 e. The summed E-state index contributed by atoms with van der Waals surface area (Å²) in [5.41, 5.74) is 0. The number of hydrogen-bond donors (Lipinski definition) is 1. The molecule has 0 bridgehead atoms. The number of amides is 2. The summed E-state index contributed by atoms with van der Waals surface area (Å²) in [6.45, 7) is 2.01. The van der Waals surface area contributed by atoms with Crippen LogP contribution in [-0.2, 0) is 4.79 Å². The fourth-order valence-electron chi connectivity index (χ4n) is 2.40. The summed E-state index contributed by atoms with van der Waals surface area (Å²) in [5.74, 6) is -0.119. The monoisotopic (exact) mass is 373 g/mol. The number of hydrogen-bond acceptors (Lipinski definition) is 4. The lowest BCUT2D eigenvalue weighted by Crippen LogP contribution is -2.47. The van der Waals surface area contributed by atoms with Crippen molar-refractivity contribution in [1.82, 2.24) is 15.1 Å². The van der Waals surface area contributed by atoms with Crippen LogP contribution in [0.15, 0.2) is 15.9 Å². The summed E-state index contributed by atoms with van der Waals surface area (Å²) in [6.07, 6.45) is 1.94. The highest BCUT2D eigenvalue weighted by Gasteiger charge is 2.24. The quantitative estimate of drug-likeness (QED) is 0.875. The summed E-state index contributed by atoms with van der Waals surface area (Å²) in [7, 11) is 3.50. The van der Waals surface area contributed by atoms with Gasteiger partial charge in [-0.3, -0.25) is 9.59 Å². The maximum absolute atomic E-state index is 12.3. The molecule has 1 N–H and O–H groups in total. The molecule has 0 atom stereocenters. The van der Waals surface area contributed by atoms with E-state index < -0.39 is 0 Å². The Morgan fingerprint density at radius 1 is 1.33 bits per heavy atom. The van der Waals surface area contributed by atoms with Gasteiger partial charge in [0.05, 0.1) is 15.2 Å². The Morgan fingerprint density at radius 2 is 2.00 bits per heavy atom. The van der Waals surface area contributed by atoms with Crippen molar-refractivity contribution in [3.05, 3.63) is 20.8 Å². The Labute approximate surface area is 137 Å². The van der Waals surface area contributed by atoms with Crippen LogP contribution in [0.5, 0.6) is 0 Å². The largest absolute Gasteiger partial charge is 0.341 e. The highest BCUT2D eigenvalue weighted by atomic mass is 79.9. The molecule has 116 valence electrons. The van der Waals surface area contributed by atoms with Gasteiger partial charge in [0.2, 0.25) is 5.91 Å². The molecule has 2 heterocycles. The van der Waals surface area contributed by atoms with E-state index in [2.05, 4.69) is 21.2 Å². The first-order valence-electron chi connectivity index (χ1n) is 6.96. The van der Waals surface area contributed by atoms with E-state index >= 15 is 0 Å². The molecule has 1 fully saturated rings. The first-order chi connectivity index (χ1) is 9.99. The molecule has 7 heteroatoms. The SMILES string of the molecule is CN(CC(=O)N(C)C1CCNCC1)C(=O)c1ccc(Br)s1. The van der Waals surface area contributed by atoms with Gasteiger partial charge in [-0.2, -0.15) is 0 Å². The summed E-state index contributed by atoms with van der Waals surface area (Å²) >= 11 is 4.72. The minimum atomic E-state index is -0.113. The first kappa shape index (κ1) is 16.5. The van der Waals surface area contributed by atoms with E-state index in [1.54, 1.807) is 18.0 Å². The molecule has 0 spiro atoms. The van der Waals surface area contributed by atoms with E-state index in [1.807, 2.05) is 13.1 Å². The van der Waals surface area contributed by atoms with Crippen molar-refractivity contribution in [2.75, 3.05) is 33.7 Å². The van der Waals surface area contributed by atoms with Gasteiger partial charge in [-0.05, 0) is 54.0 Å². The number of halogens is 1. The van der Waals surface area contributed by atoms with Crippen LogP contribution < -0.4 is 5.32 Å². The Kier molecular flexibility index (Phi) is 5.78. The molecule has 5 nitrogen and oxygen atoms in total. The van der Waals surface area contributed by atoms with E-state index in [1.165, 1.54) is 16.2 Å². The molecule has 0 radical (unpaired) electrons. The number of carbonyl (C=O) groups is 2. The van der Waals surface area contributed by atoms with Crippen molar-refractivity contribution in [3.63, 3.8) is 0 Å². The minimum absolute atomic E-state index is 0.00614. The Balaban J connectivity index is 1.90. The van der Waals surface area contributed by atoms with E-state index in [9.17, 15) is 9.59 Å². The maximum Gasteiger partial charge on any atom is 0.264 e. The Morgan fingerprint density at radius 3 is 2.57 bits per heavy atom. The molecule has 0 saturated carbocycles. The molecule has 2 amide bonds. The molecule has 2 rings (SSSR count). The van der Waals surface area contributed by atoms with Crippen LogP contribution in [0.3, 0.4) is 0 Å². The van der Waals surface area contributed by atoms with Crippen molar-refractivity contribution in [3.8, 4) is 0 Å². The predicted molar refractivity (Wildman–Crippen MR) is 87.6 cm³/mol. The molecular formula is C14H20BrN3O2S. The summed E-state index contributed by atoms with van der Waals surface area (Å²) < 4.78 is 0.914. The average molecular weight is 374 g/mol. The van der Waals surface area contributed by atoms with E-state index in [0.717, 1.165) is 29.7 Å². The van der Waals surface area contributed by atoms with Crippen LogP contribution in [0.25, 0.3) is 0 Å². The third kappa shape index (κ3) is 4.28. The topological polar surface area (TPSA) is 52.7 Å². The van der Waals surface area contributed by atoms with Crippen molar-refractivity contribution < 1.29 is 9.59 Å². The summed E-state index contributed by atoms with van der Waals surface area (Å²) in [6, 6.07) is 3.89. The minimum Gasteiger partial charge on any atom is -0.341 e. The third-order valence-corrected chi connectivity index (χ3v) is 5.36. The van der Waals surface area contributed by atoms with Gasteiger partial charge in [0.25, 0.3) is 5.91 Å². The van der Waals surface area contributed by atoms with Gasteiger partial charge in [-0.25, -0.2) is 0 Å². The number of rotatable bonds is 4. The van der Waals surface area contributed by atoms with Gasteiger partial charge in [0.15, 0.2) is 0 Å². The average Bonchev–Trinajstić information content (AvgIpc) is 2.93. The lowest BCUT2D eigenvalue weighted by atomic mass is 10.1. The van der Waals surface area contributed by atoms with Gasteiger partial charge < -0.3 is 15.1 Å². The summed E-state index contributed by atoms with van der Waals surface area (Å²) in [5, 5.41) is 3.29. The molecule has 1 aromatic rings. The van der Waals surface area contributed by atoms with Gasteiger partial charge in [0, 0.05) is 20.1 Å². The Hall–Kier alpha value is -0.920. The fraction of sp³-hybridized carbons (Fsp3) is 0.571. The maximum atomic E-state index is 12.3. The highest BCUT2D eigenvalue weighted by Crippen LogP contribution is 2.23. The van der Waals surface area contributed by atoms with E-state index in [-0.39, 0.29) is 24.4 Å². The molecule has 0 aromatic carbocycles. The van der Waals surface area contributed by atoms with Crippen LogP contribution in [0.2, 0.25) is 0 Å². The number of nitrogens with zero attached hydrogens (tertiary/aromatic N) is 2. The second-order valence-electron chi connectivity index (χ2n) is 5.25. The number of likely N-dealkylation sites (N-methyl/N-ethyl adjacent to an activating group) is 2. The number of piperidine rings is 1. The fourth-order valence-corrected chi connectivity index (χ4v) is 3.78. The molecule has 1 saturated heterocycles. The van der Waals surface area contributed by atoms with Gasteiger partial charge >= 0.3 is 0 Å². The van der Waals surface area contributed by atoms with Crippen LogP contribution in [0, 0.1) is 0 Å². The molecule has 0 unspecified atom stereocenters. The molecule has 21 heavy (non-hydrogen) atoms. The lowest BCUT2D eigenvalue weighted by Gasteiger charge is -2.32. The lowest BCUT2D eigenvalue weighted by molar-refractivity contribution is -0.132. The second kappa shape index (κ2) is 7.38. The molecule has 0 aliphatic carbocycles. The van der Waals surface area contributed by atoms with Crippen molar-refractivity contribution in [1.29, 1.82) is 0 Å². The highest BCUT2D eigenvalue weighted by molar-refractivity contribution is 9.11. The van der Waals surface area contributed by atoms with Crippen LogP contribution in [0.4, 0.5) is 0 Å². The molecule has 1 aromatic heterocycles. The number of thiophene rings is 1. The normalized spacial score (nSPS) is 15.8. The standard InChI is InChI=1S/C14H20BrN3O2S/c1-17(14(20)11-3-4-12(15)21-11)9-13(19)18(2)10-5-7-16-8-6-10/h3-4,10,16H,5-9H2,1-2H3. The number of nitrogens with one attached hydrogen (secondary N) is 1. The van der Waals surface area contributed by atoms with Crippen molar-refractivity contribution >= 4 is 39.1 Å². The van der Waals surface area contributed by atoms with E-state index in [0.29, 0.717) is 4.88 Å². The predicted octanol–water partition coefficient (Wildman–Crippen LogP) is 1.79. The Bertz CT molecular complexity index is 514. The first-order valence-corrected chi connectivity index (χ1v) is 8.57. The molecule has 1 aliphatic heterocycles. The van der Waals surface area contributed by atoms with Gasteiger partial charge in [-0.15, -0.1) is 11.3 Å². The number of carbonyl (C=O) groups excluding carboxylic acids is 2. The van der Waals surface area contributed by atoms with Gasteiger partial charge in [0.1, 0.15) is 0 Å². The zero-order chi connectivity index (χ0) is 15.4. The molecular weight excluding hydrogens is 354 g/mol. The molecule has 1 aliphatic rings. The van der Waals surface area contributed by atoms with Crippen molar-refractivity contribution in [2.45, 2.75) is 18.9 Å². The third-order valence-electron chi connectivity index (χ3n) is 3.75. The van der Waals surface area contributed by atoms with E-state index in [4.69, 9.17) is 0 Å². The van der Waals surface area contributed by atoms with Crippen LogP contribution in [-0.4, -0.2) is 61.4 Å². The van der Waals surface area contributed by atoms with Crippen LogP contribution >= 0.6 is 27.3 Å². The summed E-state index contributed by atoms with van der Waals surface area (Å²) in [4.78, 5) is 28.4. The van der Waals surface area contributed by atoms with Crippen LogP contribution in [0.1, 0.15) is 22.5 Å². The second-order valence-corrected chi connectivity index (χ2v) is 7.71. The zero-order valence-electron chi connectivity index (χ0n) is 12.3. The zero-order valence-corrected chi connectivity index (χ0v) is 14.7. The van der Waals surface area contributed by atoms with Gasteiger partial charge in [-0.1, -0.05) is 0 Å².